The number of hydrogen-bond donors (Lipinski definition) is 1. The highest BCUT2D eigenvalue weighted by atomic mass is 19.4. The van der Waals surface area contributed by atoms with Crippen LogP contribution in [0.2, 0.25) is 0 Å². The van der Waals surface area contributed by atoms with Crippen molar-refractivity contribution in [2.24, 2.45) is 0 Å². The zero-order valence-corrected chi connectivity index (χ0v) is 11.5. The molecule has 2 aromatic rings. The number of alkyl halides is 3. The molecule has 0 atom stereocenters. The molecule has 0 amide bonds. The molecule has 0 aliphatic carbocycles. The summed E-state index contributed by atoms with van der Waals surface area (Å²) in [5, 5.41) is 3.12. The van der Waals surface area contributed by atoms with Crippen LogP contribution in [0.3, 0.4) is 0 Å². The van der Waals surface area contributed by atoms with Gasteiger partial charge in [-0.05, 0) is 39.0 Å². The van der Waals surface area contributed by atoms with Gasteiger partial charge in [-0.15, -0.1) is 0 Å². The zero-order chi connectivity index (χ0) is 14.9. The number of nitrogens with one attached hydrogen (secondary N) is 1. The van der Waals surface area contributed by atoms with Crippen molar-refractivity contribution < 1.29 is 13.2 Å². The van der Waals surface area contributed by atoms with Gasteiger partial charge in [-0.2, -0.15) is 13.2 Å². The van der Waals surface area contributed by atoms with Crippen LogP contribution in [0, 0.1) is 6.92 Å². The maximum atomic E-state index is 12.8. The van der Waals surface area contributed by atoms with E-state index in [4.69, 9.17) is 0 Å². The molecule has 0 bridgehead atoms. The van der Waals surface area contributed by atoms with Crippen molar-refractivity contribution in [2.45, 2.75) is 33.0 Å². The first kappa shape index (κ1) is 14.4. The van der Waals surface area contributed by atoms with Crippen LogP contribution in [0.25, 0.3) is 5.69 Å². The SMILES string of the molecule is Cc1cn(-c2cccc(C(F)(F)F)c2)c(NC(C)C)n1. The summed E-state index contributed by atoms with van der Waals surface area (Å²) in [6.45, 7) is 5.69. The van der Waals surface area contributed by atoms with Gasteiger partial charge in [0.25, 0.3) is 0 Å². The van der Waals surface area contributed by atoms with E-state index in [2.05, 4.69) is 10.3 Å². The summed E-state index contributed by atoms with van der Waals surface area (Å²) in [7, 11) is 0. The molecule has 2 rings (SSSR count). The quantitative estimate of drug-likeness (QED) is 0.922. The first-order valence-corrected chi connectivity index (χ1v) is 6.27. The van der Waals surface area contributed by atoms with E-state index in [0.29, 0.717) is 11.6 Å². The molecule has 6 heteroatoms. The summed E-state index contributed by atoms with van der Waals surface area (Å²) >= 11 is 0. The lowest BCUT2D eigenvalue weighted by Crippen LogP contribution is -2.14. The molecular formula is C14H16F3N3. The van der Waals surface area contributed by atoms with Crippen LogP contribution < -0.4 is 5.32 Å². The smallest absolute Gasteiger partial charge is 0.353 e. The van der Waals surface area contributed by atoms with Crippen LogP contribution >= 0.6 is 0 Å². The Morgan fingerprint density at radius 3 is 2.55 bits per heavy atom. The standard InChI is InChI=1S/C14H16F3N3/c1-9(2)18-13-19-10(3)8-20(13)12-6-4-5-11(7-12)14(15,16)17/h4-9H,1-3H3,(H,18,19). The Morgan fingerprint density at radius 2 is 1.95 bits per heavy atom. The largest absolute Gasteiger partial charge is 0.416 e. The van der Waals surface area contributed by atoms with E-state index < -0.39 is 11.7 Å². The number of halogens is 3. The fourth-order valence-electron chi connectivity index (χ4n) is 1.89. The number of imidazole rings is 1. The molecule has 20 heavy (non-hydrogen) atoms. The van der Waals surface area contributed by atoms with Crippen LogP contribution in [0.15, 0.2) is 30.5 Å². The molecule has 0 aliphatic heterocycles. The molecule has 1 heterocycles. The van der Waals surface area contributed by atoms with Crippen LogP contribution in [-0.2, 0) is 6.18 Å². The van der Waals surface area contributed by atoms with E-state index in [0.717, 1.165) is 17.8 Å². The van der Waals surface area contributed by atoms with E-state index >= 15 is 0 Å². The summed E-state index contributed by atoms with van der Waals surface area (Å²) in [5.74, 6) is 0.539. The van der Waals surface area contributed by atoms with Gasteiger partial charge in [-0.1, -0.05) is 6.07 Å². The predicted octanol–water partition coefficient (Wildman–Crippen LogP) is 4.02. The Labute approximate surface area is 115 Å². The van der Waals surface area contributed by atoms with Crippen molar-refractivity contribution in [3.05, 3.63) is 41.7 Å². The van der Waals surface area contributed by atoms with Crippen molar-refractivity contribution >= 4 is 5.95 Å². The third-order valence-corrected chi connectivity index (χ3v) is 2.70. The predicted molar refractivity (Wildman–Crippen MR) is 72.1 cm³/mol. The summed E-state index contributed by atoms with van der Waals surface area (Å²) in [6.07, 6.45) is -2.64. The second-order valence-corrected chi connectivity index (χ2v) is 4.92. The van der Waals surface area contributed by atoms with Crippen LogP contribution in [0.4, 0.5) is 19.1 Å². The number of hydrogen-bond acceptors (Lipinski definition) is 2. The molecule has 108 valence electrons. The maximum Gasteiger partial charge on any atom is 0.416 e. The van der Waals surface area contributed by atoms with E-state index in [9.17, 15) is 13.2 Å². The molecule has 0 saturated carbocycles. The summed E-state index contributed by atoms with van der Waals surface area (Å²) in [6, 6.07) is 5.34. The Balaban J connectivity index is 2.46. The zero-order valence-electron chi connectivity index (χ0n) is 11.5. The number of anilines is 1. The van der Waals surface area contributed by atoms with Crippen molar-refractivity contribution in [1.29, 1.82) is 0 Å². The first-order chi connectivity index (χ1) is 9.27. The molecule has 1 N–H and O–H groups in total. The van der Waals surface area contributed by atoms with Crippen LogP contribution in [0.1, 0.15) is 25.1 Å². The highest BCUT2D eigenvalue weighted by Crippen LogP contribution is 2.31. The van der Waals surface area contributed by atoms with E-state index in [1.807, 2.05) is 13.8 Å². The average Bonchev–Trinajstić information content (AvgIpc) is 2.68. The Morgan fingerprint density at radius 1 is 1.25 bits per heavy atom. The minimum Gasteiger partial charge on any atom is -0.353 e. The van der Waals surface area contributed by atoms with E-state index in [1.165, 1.54) is 6.07 Å². The lowest BCUT2D eigenvalue weighted by molar-refractivity contribution is -0.137. The van der Waals surface area contributed by atoms with Crippen molar-refractivity contribution in [3.63, 3.8) is 0 Å². The van der Waals surface area contributed by atoms with Gasteiger partial charge >= 0.3 is 6.18 Å². The van der Waals surface area contributed by atoms with Crippen LogP contribution in [0.5, 0.6) is 0 Å². The van der Waals surface area contributed by atoms with Gasteiger partial charge in [0.05, 0.1) is 11.3 Å². The normalized spacial score (nSPS) is 11.9. The molecular weight excluding hydrogens is 267 g/mol. The molecule has 1 aromatic heterocycles. The number of aryl methyl sites for hydroxylation is 1. The number of aromatic nitrogens is 2. The van der Waals surface area contributed by atoms with Crippen molar-refractivity contribution in [2.75, 3.05) is 5.32 Å². The highest BCUT2D eigenvalue weighted by Gasteiger charge is 2.30. The molecule has 0 aliphatic rings. The second kappa shape index (κ2) is 5.19. The summed E-state index contributed by atoms with van der Waals surface area (Å²) < 4.78 is 39.9. The molecule has 0 spiro atoms. The summed E-state index contributed by atoms with van der Waals surface area (Å²) in [4.78, 5) is 4.29. The van der Waals surface area contributed by atoms with E-state index in [-0.39, 0.29) is 6.04 Å². The van der Waals surface area contributed by atoms with Crippen LogP contribution in [-0.4, -0.2) is 15.6 Å². The Kier molecular flexibility index (Phi) is 3.74. The molecule has 0 radical (unpaired) electrons. The fraction of sp³-hybridized carbons (Fsp3) is 0.357. The molecule has 3 nitrogen and oxygen atoms in total. The maximum absolute atomic E-state index is 12.8. The lowest BCUT2D eigenvalue weighted by atomic mass is 10.2. The molecule has 0 fully saturated rings. The van der Waals surface area contributed by atoms with Gasteiger partial charge in [-0.25, -0.2) is 4.98 Å². The molecule has 1 aromatic carbocycles. The monoisotopic (exact) mass is 283 g/mol. The number of nitrogens with zero attached hydrogens (tertiary/aromatic N) is 2. The average molecular weight is 283 g/mol. The Hall–Kier alpha value is -1.98. The Bertz CT molecular complexity index is 600. The second-order valence-electron chi connectivity index (χ2n) is 4.92. The van der Waals surface area contributed by atoms with Gasteiger partial charge in [0, 0.05) is 17.9 Å². The van der Waals surface area contributed by atoms with Crippen molar-refractivity contribution in [3.8, 4) is 5.69 Å². The summed E-state index contributed by atoms with van der Waals surface area (Å²) in [5.41, 5.74) is 0.506. The number of rotatable bonds is 3. The third kappa shape index (κ3) is 3.12. The van der Waals surface area contributed by atoms with Gasteiger partial charge in [0.15, 0.2) is 0 Å². The van der Waals surface area contributed by atoms with Gasteiger partial charge in [-0.3, -0.25) is 4.57 Å². The van der Waals surface area contributed by atoms with Gasteiger partial charge < -0.3 is 5.32 Å². The fourth-order valence-corrected chi connectivity index (χ4v) is 1.89. The number of benzene rings is 1. The highest BCUT2D eigenvalue weighted by molar-refractivity contribution is 5.45. The third-order valence-electron chi connectivity index (χ3n) is 2.70. The molecule has 0 saturated heterocycles. The lowest BCUT2D eigenvalue weighted by Gasteiger charge is -2.14. The van der Waals surface area contributed by atoms with Gasteiger partial charge in [0.1, 0.15) is 0 Å². The van der Waals surface area contributed by atoms with Gasteiger partial charge in [0.2, 0.25) is 5.95 Å². The van der Waals surface area contributed by atoms with Crippen molar-refractivity contribution in [1.82, 2.24) is 9.55 Å². The minimum atomic E-state index is -4.35. The first-order valence-electron chi connectivity index (χ1n) is 6.27. The topological polar surface area (TPSA) is 29.9 Å². The minimum absolute atomic E-state index is 0.140. The van der Waals surface area contributed by atoms with E-state index in [1.54, 1.807) is 23.8 Å². The molecule has 0 unspecified atom stereocenters.